The first-order chi connectivity index (χ1) is 13.4. The zero-order valence-electron chi connectivity index (χ0n) is 16.8. The van der Waals surface area contributed by atoms with Crippen molar-refractivity contribution in [1.82, 2.24) is 5.06 Å². The molecule has 0 unspecified atom stereocenters. The van der Waals surface area contributed by atoms with Crippen molar-refractivity contribution in [1.29, 1.82) is 0 Å². The zero-order valence-corrected chi connectivity index (χ0v) is 16.8. The smallest absolute Gasteiger partial charge is 0.253 e. The Morgan fingerprint density at radius 2 is 1.68 bits per heavy atom. The molecule has 2 aromatic carbocycles. The van der Waals surface area contributed by atoms with Crippen LogP contribution in [0.3, 0.4) is 0 Å². The maximum atomic E-state index is 13.6. The third-order valence-corrected chi connectivity index (χ3v) is 7.31. The summed E-state index contributed by atoms with van der Waals surface area (Å²) in [7, 11) is 0. The maximum Gasteiger partial charge on any atom is 0.253 e. The van der Waals surface area contributed by atoms with Crippen LogP contribution in [-0.2, 0) is 16.2 Å². The Labute approximate surface area is 167 Å². The lowest BCUT2D eigenvalue weighted by Crippen LogP contribution is -2.64. The number of carbonyl (C=O) groups excluding carboxylic acids is 1. The fraction of sp³-hybridized carbons (Fsp3) is 0.458. The number of hydrogen-bond donors (Lipinski definition) is 1. The predicted octanol–water partition coefficient (Wildman–Crippen LogP) is 4.51. The van der Waals surface area contributed by atoms with Crippen LogP contribution in [0.2, 0.25) is 0 Å². The molecule has 1 heterocycles. The van der Waals surface area contributed by atoms with E-state index in [2.05, 4.69) is 20.8 Å². The Morgan fingerprint density at radius 1 is 1.07 bits per heavy atom. The van der Waals surface area contributed by atoms with E-state index >= 15 is 0 Å². The van der Waals surface area contributed by atoms with Crippen LogP contribution in [-0.4, -0.2) is 21.6 Å². The highest BCUT2D eigenvalue weighted by molar-refractivity contribution is 5.82. The van der Waals surface area contributed by atoms with Crippen molar-refractivity contribution >= 4 is 5.91 Å². The van der Waals surface area contributed by atoms with Gasteiger partial charge in [0.1, 0.15) is 6.61 Å². The van der Waals surface area contributed by atoms with Crippen molar-refractivity contribution < 1.29 is 14.7 Å². The molecule has 4 heteroatoms. The van der Waals surface area contributed by atoms with E-state index in [1.54, 1.807) is 5.06 Å². The van der Waals surface area contributed by atoms with Crippen molar-refractivity contribution in [2.75, 3.05) is 0 Å². The number of hydrogen-bond acceptors (Lipinski definition) is 3. The Morgan fingerprint density at radius 3 is 2.32 bits per heavy atom. The number of nitrogens with zero attached hydrogens (tertiary/aromatic N) is 1. The number of fused-ring (bicyclic) bond motifs is 2. The Bertz CT molecular complexity index is 835. The fourth-order valence-electron chi connectivity index (χ4n) is 5.19. The normalized spacial score (nSPS) is 29.7. The maximum absolute atomic E-state index is 13.6. The number of rotatable bonds is 5. The van der Waals surface area contributed by atoms with Crippen molar-refractivity contribution in [3.8, 4) is 0 Å². The van der Waals surface area contributed by atoms with Crippen molar-refractivity contribution in [3.63, 3.8) is 0 Å². The highest BCUT2D eigenvalue weighted by Crippen LogP contribution is 2.61. The van der Waals surface area contributed by atoms with Gasteiger partial charge in [-0.25, -0.2) is 5.06 Å². The van der Waals surface area contributed by atoms with Gasteiger partial charge in [0.05, 0.1) is 17.6 Å². The van der Waals surface area contributed by atoms with Gasteiger partial charge in [0.2, 0.25) is 0 Å². The molecule has 4 rings (SSSR count). The average molecular weight is 380 g/mol. The predicted molar refractivity (Wildman–Crippen MR) is 108 cm³/mol. The van der Waals surface area contributed by atoms with Crippen LogP contribution < -0.4 is 0 Å². The number of aliphatic hydroxyl groups is 1. The molecule has 1 N–H and O–H groups in total. The van der Waals surface area contributed by atoms with Crippen LogP contribution in [0.15, 0.2) is 60.7 Å². The van der Waals surface area contributed by atoms with Gasteiger partial charge in [-0.2, -0.15) is 0 Å². The molecule has 4 atom stereocenters. The van der Waals surface area contributed by atoms with Crippen LogP contribution in [0.1, 0.15) is 50.8 Å². The molecule has 0 aromatic heterocycles. The molecule has 1 aliphatic heterocycles. The third kappa shape index (κ3) is 2.87. The Kier molecular flexibility index (Phi) is 4.80. The molecule has 2 aromatic rings. The van der Waals surface area contributed by atoms with E-state index in [9.17, 15) is 9.90 Å². The zero-order chi connectivity index (χ0) is 19.9. The molecule has 28 heavy (non-hydrogen) atoms. The van der Waals surface area contributed by atoms with Gasteiger partial charge in [-0.15, -0.1) is 0 Å². The SMILES string of the molecule is CC1(C)[C@@H]2CC[C@@]1(C)N(OCc1ccccc1)C(=O)[C@@H]2[C@@H](O)c1ccccc1. The van der Waals surface area contributed by atoms with Crippen molar-refractivity contribution in [3.05, 3.63) is 71.8 Å². The van der Waals surface area contributed by atoms with Crippen LogP contribution in [0.4, 0.5) is 0 Å². The summed E-state index contributed by atoms with van der Waals surface area (Å²) < 4.78 is 0. The second-order valence-corrected chi connectivity index (χ2v) is 8.91. The molecule has 0 radical (unpaired) electrons. The second-order valence-electron chi connectivity index (χ2n) is 8.91. The molecule has 2 aliphatic rings. The Balaban J connectivity index is 1.66. The number of benzene rings is 2. The summed E-state index contributed by atoms with van der Waals surface area (Å²) in [6.07, 6.45) is 0.960. The molecule has 0 spiro atoms. The largest absolute Gasteiger partial charge is 0.388 e. The van der Waals surface area contributed by atoms with E-state index in [4.69, 9.17) is 4.84 Å². The Hall–Kier alpha value is -2.17. The summed E-state index contributed by atoms with van der Waals surface area (Å²) >= 11 is 0. The molecule has 1 saturated carbocycles. The summed E-state index contributed by atoms with van der Waals surface area (Å²) in [6.45, 7) is 6.89. The van der Waals surface area contributed by atoms with Crippen LogP contribution in [0, 0.1) is 17.3 Å². The third-order valence-electron chi connectivity index (χ3n) is 7.31. The first-order valence-corrected chi connectivity index (χ1v) is 10.1. The minimum atomic E-state index is -0.830. The van der Waals surface area contributed by atoms with Crippen molar-refractivity contribution in [2.45, 2.75) is 51.9 Å². The first-order valence-electron chi connectivity index (χ1n) is 10.1. The molecule has 1 aliphatic carbocycles. The molecular weight excluding hydrogens is 350 g/mol. The van der Waals surface area contributed by atoms with Gasteiger partial charge in [-0.1, -0.05) is 74.5 Å². The quantitative estimate of drug-likeness (QED) is 0.832. The molecule has 148 valence electrons. The molecule has 2 bridgehead atoms. The summed E-state index contributed by atoms with van der Waals surface area (Å²) in [4.78, 5) is 19.7. The van der Waals surface area contributed by atoms with E-state index in [-0.39, 0.29) is 22.8 Å². The van der Waals surface area contributed by atoms with Gasteiger partial charge in [-0.05, 0) is 42.2 Å². The van der Waals surface area contributed by atoms with Gasteiger partial charge >= 0.3 is 0 Å². The van der Waals surface area contributed by atoms with E-state index in [1.807, 2.05) is 60.7 Å². The van der Waals surface area contributed by atoms with Crippen LogP contribution >= 0.6 is 0 Å². The van der Waals surface area contributed by atoms with Crippen LogP contribution in [0.5, 0.6) is 0 Å². The molecule has 1 amide bonds. The number of hydroxylamine groups is 2. The molecule has 2 fully saturated rings. The minimum Gasteiger partial charge on any atom is -0.388 e. The standard InChI is InChI=1S/C24H29NO3/c1-23(2)19-14-15-24(23,3)25(28-16-17-10-6-4-7-11-17)22(27)20(19)21(26)18-12-8-5-9-13-18/h4-13,19-21,26H,14-16H2,1-3H3/t19-,20+,21+,24-/m1/s1. The summed E-state index contributed by atoms with van der Waals surface area (Å²) in [5.74, 6) is -0.475. The lowest BCUT2D eigenvalue weighted by atomic mass is 9.62. The molecule has 1 saturated heterocycles. The van der Waals surface area contributed by atoms with Crippen molar-refractivity contribution in [2.24, 2.45) is 17.3 Å². The second kappa shape index (κ2) is 7.02. The van der Waals surface area contributed by atoms with Gasteiger partial charge in [-0.3, -0.25) is 9.63 Å². The van der Waals surface area contributed by atoms with Gasteiger partial charge in [0, 0.05) is 0 Å². The van der Waals surface area contributed by atoms with E-state index in [1.165, 1.54) is 0 Å². The van der Waals surface area contributed by atoms with Gasteiger partial charge in [0.15, 0.2) is 0 Å². The average Bonchev–Trinajstić information content (AvgIpc) is 2.86. The van der Waals surface area contributed by atoms with Gasteiger partial charge in [0.25, 0.3) is 5.91 Å². The fourth-order valence-corrected chi connectivity index (χ4v) is 5.19. The van der Waals surface area contributed by atoms with E-state index in [0.717, 1.165) is 24.0 Å². The summed E-state index contributed by atoms with van der Waals surface area (Å²) in [6, 6.07) is 19.4. The summed E-state index contributed by atoms with van der Waals surface area (Å²) in [5, 5.41) is 12.7. The highest BCUT2D eigenvalue weighted by Gasteiger charge is 2.65. The van der Waals surface area contributed by atoms with Crippen LogP contribution in [0.25, 0.3) is 0 Å². The number of carbonyl (C=O) groups is 1. The lowest BCUT2D eigenvalue weighted by Gasteiger charge is -2.54. The topological polar surface area (TPSA) is 49.8 Å². The first kappa shape index (κ1) is 19.2. The number of amides is 1. The molecular formula is C24H29NO3. The number of piperidine rings is 1. The van der Waals surface area contributed by atoms with E-state index < -0.39 is 12.0 Å². The lowest BCUT2D eigenvalue weighted by molar-refractivity contribution is -0.265. The van der Waals surface area contributed by atoms with E-state index in [0.29, 0.717) is 6.61 Å². The number of aliphatic hydroxyl groups excluding tert-OH is 1. The molecule has 4 nitrogen and oxygen atoms in total. The highest BCUT2D eigenvalue weighted by atomic mass is 16.7. The minimum absolute atomic E-state index is 0.100. The monoisotopic (exact) mass is 379 g/mol. The van der Waals surface area contributed by atoms with Gasteiger partial charge < -0.3 is 5.11 Å². The summed E-state index contributed by atoms with van der Waals surface area (Å²) in [5.41, 5.74) is 1.28.